The van der Waals surface area contributed by atoms with Gasteiger partial charge >= 0.3 is 5.97 Å². The summed E-state index contributed by atoms with van der Waals surface area (Å²) in [7, 11) is 0. The molecule has 1 heterocycles. The van der Waals surface area contributed by atoms with Crippen LogP contribution in [0.1, 0.15) is 10.5 Å². The molecule has 0 amide bonds. The smallest absolute Gasteiger partial charge is 0.356 e. The molecule has 0 aliphatic rings. The fourth-order valence-electron chi connectivity index (χ4n) is 1.15. The highest BCUT2D eigenvalue weighted by Gasteiger charge is 2.07. The van der Waals surface area contributed by atoms with Gasteiger partial charge < -0.3 is 9.84 Å². The molecule has 0 unspecified atom stereocenters. The van der Waals surface area contributed by atoms with Gasteiger partial charge in [0.05, 0.1) is 12.4 Å². The Labute approximate surface area is 105 Å². The maximum absolute atomic E-state index is 10.7. The third kappa shape index (κ3) is 3.01. The fourth-order valence-corrected chi connectivity index (χ4v) is 1.53. The minimum Gasteiger partial charge on any atom is -0.476 e. The molecule has 1 aromatic carbocycles. The van der Waals surface area contributed by atoms with Crippen LogP contribution in [0, 0.1) is 0 Å². The first kappa shape index (κ1) is 11.5. The Hall–Kier alpha value is -1.95. The van der Waals surface area contributed by atoms with E-state index in [4.69, 9.17) is 9.84 Å². The number of nitrogens with zero attached hydrogens (tertiary/aromatic N) is 2. The number of hydrogen-bond acceptors (Lipinski definition) is 4. The number of carboxylic acids is 1. The molecule has 6 heteroatoms. The highest BCUT2D eigenvalue weighted by molar-refractivity contribution is 9.10. The van der Waals surface area contributed by atoms with Crippen LogP contribution in [0.15, 0.2) is 41.1 Å². The van der Waals surface area contributed by atoms with Crippen molar-refractivity contribution < 1.29 is 14.6 Å². The number of hydrogen-bond donors (Lipinski definition) is 1. The molecule has 1 N–H and O–H groups in total. The van der Waals surface area contributed by atoms with Gasteiger partial charge in [-0.2, -0.15) is 0 Å². The predicted octanol–water partition coefficient (Wildman–Crippen LogP) is 2.73. The van der Waals surface area contributed by atoms with Gasteiger partial charge in [0.15, 0.2) is 5.69 Å². The van der Waals surface area contributed by atoms with E-state index in [0.29, 0.717) is 5.75 Å². The average molecular weight is 295 g/mol. The zero-order chi connectivity index (χ0) is 12.3. The Bertz CT molecular complexity index is 560. The molecule has 0 saturated carbocycles. The van der Waals surface area contributed by atoms with Crippen LogP contribution in [-0.4, -0.2) is 21.0 Å². The topological polar surface area (TPSA) is 72.3 Å². The normalized spacial score (nSPS) is 9.94. The number of aromatic nitrogens is 2. The lowest BCUT2D eigenvalue weighted by Gasteiger charge is -2.04. The van der Waals surface area contributed by atoms with Gasteiger partial charge in [-0.05, 0) is 18.2 Å². The molecule has 0 atom stereocenters. The molecule has 2 aromatic rings. The monoisotopic (exact) mass is 294 g/mol. The van der Waals surface area contributed by atoms with Crippen LogP contribution in [-0.2, 0) is 0 Å². The molecule has 0 bridgehead atoms. The third-order valence-electron chi connectivity index (χ3n) is 1.85. The highest BCUT2D eigenvalue weighted by Crippen LogP contribution is 2.22. The van der Waals surface area contributed by atoms with Gasteiger partial charge in [-0.25, -0.2) is 9.78 Å². The lowest BCUT2D eigenvalue weighted by atomic mass is 10.3. The van der Waals surface area contributed by atoms with Crippen molar-refractivity contribution >= 4 is 21.9 Å². The molecule has 0 spiro atoms. The number of benzene rings is 1. The molecule has 0 fully saturated rings. The first-order chi connectivity index (χ1) is 8.15. The number of halogens is 1. The van der Waals surface area contributed by atoms with Gasteiger partial charge in [-0.3, -0.25) is 4.98 Å². The second-order valence-corrected chi connectivity index (χ2v) is 4.02. The highest BCUT2D eigenvalue weighted by atomic mass is 79.9. The van der Waals surface area contributed by atoms with Crippen molar-refractivity contribution in [3.8, 4) is 11.6 Å². The van der Waals surface area contributed by atoms with Crippen LogP contribution in [0.2, 0.25) is 0 Å². The van der Waals surface area contributed by atoms with Crippen molar-refractivity contribution in [1.82, 2.24) is 9.97 Å². The van der Waals surface area contributed by atoms with E-state index < -0.39 is 5.97 Å². The molecule has 1 aromatic heterocycles. The van der Waals surface area contributed by atoms with Crippen LogP contribution in [0.4, 0.5) is 0 Å². The molecule has 17 heavy (non-hydrogen) atoms. The number of rotatable bonds is 3. The fraction of sp³-hybridized carbons (Fsp3) is 0. The maximum Gasteiger partial charge on any atom is 0.356 e. The second kappa shape index (κ2) is 4.92. The van der Waals surface area contributed by atoms with Crippen molar-refractivity contribution in [3.05, 3.63) is 46.8 Å². The zero-order valence-corrected chi connectivity index (χ0v) is 10.1. The maximum atomic E-state index is 10.7. The van der Waals surface area contributed by atoms with E-state index >= 15 is 0 Å². The van der Waals surface area contributed by atoms with Crippen molar-refractivity contribution in [1.29, 1.82) is 0 Å². The number of aromatic carboxylic acids is 1. The third-order valence-corrected chi connectivity index (χ3v) is 2.34. The van der Waals surface area contributed by atoms with Crippen molar-refractivity contribution in [2.75, 3.05) is 0 Å². The van der Waals surface area contributed by atoms with E-state index in [2.05, 4.69) is 25.9 Å². The largest absolute Gasteiger partial charge is 0.476 e. The molecule has 2 rings (SSSR count). The van der Waals surface area contributed by atoms with Crippen molar-refractivity contribution in [3.63, 3.8) is 0 Å². The average Bonchev–Trinajstić information content (AvgIpc) is 2.29. The summed E-state index contributed by atoms with van der Waals surface area (Å²) in [5.74, 6) is -0.448. The van der Waals surface area contributed by atoms with E-state index in [1.165, 1.54) is 6.20 Å². The van der Waals surface area contributed by atoms with Crippen LogP contribution in [0.5, 0.6) is 11.6 Å². The van der Waals surface area contributed by atoms with Crippen LogP contribution >= 0.6 is 15.9 Å². The number of carboxylic acid groups (broad SMARTS) is 1. The molecular formula is C11H7BrN2O3. The lowest BCUT2D eigenvalue weighted by Crippen LogP contribution is -2.02. The van der Waals surface area contributed by atoms with Gasteiger partial charge in [0.1, 0.15) is 5.75 Å². The summed E-state index contributed by atoms with van der Waals surface area (Å²) >= 11 is 3.30. The summed E-state index contributed by atoms with van der Waals surface area (Å²) in [5.41, 5.74) is -0.155. The number of ether oxygens (including phenoxy) is 1. The summed E-state index contributed by atoms with van der Waals surface area (Å²) < 4.78 is 6.24. The predicted molar refractivity (Wildman–Crippen MR) is 63.2 cm³/mol. The van der Waals surface area contributed by atoms with Gasteiger partial charge in [0.2, 0.25) is 5.88 Å². The first-order valence-corrected chi connectivity index (χ1v) is 5.43. The summed E-state index contributed by atoms with van der Waals surface area (Å²) in [5, 5.41) is 8.75. The summed E-state index contributed by atoms with van der Waals surface area (Å²) in [6.45, 7) is 0. The van der Waals surface area contributed by atoms with E-state index in [9.17, 15) is 4.79 Å². The molecule has 86 valence electrons. The van der Waals surface area contributed by atoms with E-state index in [0.717, 1.165) is 10.7 Å². The lowest BCUT2D eigenvalue weighted by molar-refractivity contribution is 0.0689. The Kier molecular flexibility index (Phi) is 3.34. The van der Waals surface area contributed by atoms with Crippen molar-refractivity contribution in [2.24, 2.45) is 0 Å². The molecule has 0 aliphatic carbocycles. The Balaban J connectivity index is 2.24. The Morgan fingerprint density at radius 1 is 1.35 bits per heavy atom. The number of carbonyl (C=O) groups is 1. The first-order valence-electron chi connectivity index (χ1n) is 4.64. The molecule has 5 nitrogen and oxygen atoms in total. The molecule has 0 aliphatic heterocycles. The molecule has 0 radical (unpaired) electrons. The van der Waals surface area contributed by atoms with Gasteiger partial charge in [0, 0.05) is 4.47 Å². The summed E-state index contributed by atoms with van der Waals surface area (Å²) in [6, 6.07) is 7.13. The van der Waals surface area contributed by atoms with Gasteiger partial charge in [-0.1, -0.05) is 22.0 Å². The Morgan fingerprint density at radius 2 is 2.18 bits per heavy atom. The summed E-state index contributed by atoms with van der Waals surface area (Å²) in [6.07, 6.45) is 2.52. The summed E-state index contributed by atoms with van der Waals surface area (Å²) in [4.78, 5) is 18.2. The molecular weight excluding hydrogens is 288 g/mol. The molecule has 0 saturated heterocycles. The zero-order valence-electron chi connectivity index (χ0n) is 8.50. The standard InChI is InChI=1S/C11H7BrN2O3/c12-7-2-1-3-8(4-7)17-10-6-13-5-9(14-10)11(15)16/h1-6H,(H,15,16). The van der Waals surface area contributed by atoms with Crippen LogP contribution < -0.4 is 4.74 Å². The van der Waals surface area contributed by atoms with E-state index in [-0.39, 0.29) is 11.6 Å². The van der Waals surface area contributed by atoms with E-state index in [1.54, 1.807) is 18.2 Å². The Morgan fingerprint density at radius 3 is 2.88 bits per heavy atom. The van der Waals surface area contributed by atoms with Gasteiger partial charge in [-0.15, -0.1) is 0 Å². The van der Waals surface area contributed by atoms with Gasteiger partial charge in [0.25, 0.3) is 0 Å². The van der Waals surface area contributed by atoms with E-state index in [1.807, 2.05) is 6.07 Å². The van der Waals surface area contributed by atoms with Crippen molar-refractivity contribution in [2.45, 2.75) is 0 Å². The second-order valence-electron chi connectivity index (χ2n) is 3.11. The van der Waals surface area contributed by atoms with Crippen LogP contribution in [0.25, 0.3) is 0 Å². The minimum atomic E-state index is -1.14. The minimum absolute atomic E-state index is 0.142. The quantitative estimate of drug-likeness (QED) is 0.942. The van der Waals surface area contributed by atoms with Crippen LogP contribution in [0.3, 0.4) is 0 Å². The SMILES string of the molecule is O=C(O)c1cncc(Oc2cccc(Br)c2)n1.